The standard InChI is InChI=1S/C16H20ClNO3/c1-3-21-15(20)18(2)16(11-7-6-10-14(16)19)12-8-4-5-9-13(12)17/h4-5,8-9H,3,6-7,10-11H2,1-2H3/t16-/m0/s1. The summed E-state index contributed by atoms with van der Waals surface area (Å²) in [7, 11) is 1.62. The largest absolute Gasteiger partial charge is 0.450 e. The molecule has 1 atom stereocenters. The summed E-state index contributed by atoms with van der Waals surface area (Å²) < 4.78 is 5.08. The number of ether oxygens (including phenoxy) is 1. The van der Waals surface area contributed by atoms with Crippen LogP contribution in [0.5, 0.6) is 0 Å². The van der Waals surface area contributed by atoms with Crippen LogP contribution in [0.2, 0.25) is 5.02 Å². The molecule has 0 unspecified atom stereocenters. The second kappa shape index (κ2) is 6.48. The minimum atomic E-state index is -1.01. The van der Waals surface area contributed by atoms with Gasteiger partial charge in [-0.1, -0.05) is 29.8 Å². The molecule has 1 aromatic carbocycles. The third kappa shape index (κ3) is 2.77. The third-order valence-electron chi connectivity index (χ3n) is 4.09. The molecule has 2 rings (SSSR count). The number of nitrogens with zero attached hydrogens (tertiary/aromatic N) is 1. The Labute approximate surface area is 130 Å². The van der Waals surface area contributed by atoms with Crippen molar-refractivity contribution in [3.05, 3.63) is 34.9 Å². The van der Waals surface area contributed by atoms with E-state index in [1.165, 1.54) is 4.90 Å². The quantitative estimate of drug-likeness (QED) is 0.854. The number of rotatable bonds is 3. The predicted molar refractivity (Wildman–Crippen MR) is 81.4 cm³/mol. The van der Waals surface area contributed by atoms with E-state index in [1.807, 2.05) is 18.2 Å². The van der Waals surface area contributed by atoms with Gasteiger partial charge in [0, 0.05) is 24.1 Å². The summed E-state index contributed by atoms with van der Waals surface area (Å²) in [5.41, 5.74) is -0.324. The summed E-state index contributed by atoms with van der Waals surface area (Å²) in [6, 6.07) is 7.22. The van der Waals surface area contributed by atoms with Crippen molar-refractivity contribution in [2.24, 2.45) is 0 Å². The Kier molecular flexibility index (Phi) is 4.88. The molecule has 1 aliphatic rings. The van der Waals surface area contributed by atoms with Crippen molar-refractivity contribution in [2.45, 2.75) is 38.1 Å². The fourth-order valence-corrected chi connectivity index (χ4v) is 3.30. The normalized spacial score (nSPS) is 22.0. The molecule has 0 spiro atoms. The molecule has 0 aliphatic heterocycles. The summed E-state index contributed by atoms with van der Waals surface area (Å²) in [5.74, 6) is 0.0254. The second-order valence-corrected chi connectivity index (χ2v) is 5.64. The van der Waals surface area contributed by atoms with Crippen LogP contribution >= 0.6 is 11.6 Å². The van der Waals surface area contributed by atoms with Crippen LogP contribution < -0.4 is 0 Å². The van der Waals surface area contributed by atoms with Gasteiger partial charge in [-0.3, -0.25) is 9.69 Å². The number of ketones is 1. The van der Waals surface area contributed by atoms with E-state index in [0.717, 1.165) is 12.8 Å². The van der Waals surface area contributed by atoms with Gasteiger partial charge in [0.2, 0.25) is 0 Å². The van der Waals surface area contributed by atoms with Gasteiger partial charge >= 0.3 is 6.09 Å². The van der Waals surface area contributed by atoms with Crippen molar-refractivity contribution in [3.8, 4) is 0 Å². The van der Waals surface area contributed by atoms with Gasteiger partial charge in [0.25, 0.3) is 0 Å². The molecule has 0 saturated heterocycles. The molecule has 114 valence electrons. The summed E-state index contributed by atoms with van der Waals surface area (Å²) in [5, 5.41) is 0.504. The number of amides is 1. The Balaban J connectivity index is 2.52. The molecule has 4 nitrogen and oxygen atoms in total. The molecule has 0 heterocycles. The van der Waals surface area contributed by atoms with Gasteiger partial charge in [-0.05, 0) is 32.3 Å². The lowest BCUT2D eigenvalue weighted by Gasteiger charge is -2.43. The summed E-state index contributed by atoms with van der Waals surface area (Å²) in [6.45, 7) is 2.02. The van der Waals surface area contributed by atoms with Crippen LogP contribution in [-0.2, 0) is 15.1 Å². The van der Waals surface area contributed by atoms with E-state index >= 15 is 0 Å². The molecule has 0 N–H and O–H groups in total. The van der Waals surface area contributed by atoms with Crippen LogP contribution in [0, 0.1) is 0 Å². The highest BCUT2D eigenvalue weighted by molar-refractivity contribution is 6.31. The molecule has 1 saturated carbocycles. The summed E-state index contributed by atoms with van der Waals surface area (Å²) in [4.78, 5) is 26.3. The van der Waals surface area contributed by atoms with Crippen LogP contribution in [0.15, 0.2) is 24.3 Å². The number of hydrogen-bond acceptors (Lipinski definition) is 3. The molecule has 0 aromatic heterocycles. The topological polar surface area (TPSA) is 46.6 Å². The van der Waals surface area contributed by atoms with Crippen LogP contribution in [0.25, 0.3) is 0 Å². The van der Waals surface area contributed by atoms with Gasteiger partial charge in [-0.2, -0.15) is 0 Å². The molecule has 5 heteroatoms. The Morgan fingerprint density at radius 1 is 1.38 bits per heavy atom. The first-order valence-electron chi connectivity index (χ1n) is 7.23. The molecule has 0 radical (unpaired) electrons. The van der Waals surface area contributed by atoms with Gasteiger partial charge in [0.15, 0.2) is 5.78 Å². The monoisotopic (exact) mass is 309 g/mol. The van der Waals surface area contributed by atoms with Gasteiger partial charge in [-0.25, -0.2) is 4.79 Å². The van der Waals surface area contributed by atoms with Crippen molar-refractivity contribution in [2.75, 3.05) is 13.7 Å². The molecule has 0 bridgehead atoms. The van der Waals surface area contributed by atoms with Gasteiger partial charge in [0.05, 0.1) is 6.61 Å². The van der Waals surface area contributed by atoms with Crippen molar-refractivity contribution >= 4 is 23.5 Å². The molecule has 1 aromatic rings. The fourth-order valence-electron chi connectivity index (χ4n) is 3.01. The number of carbonyl (C=O) groups excluding carboxylic acids is 2. The highest BCUT2D eigenvalue weighted by Gasteiger charge is 2.48. The van der Waals surface area contributed by atoms with E-state index < -0.39 is 11.6 Å². The number of Topliss-reactive ketones (excluding diaryl/α,β-unsaturated/α-hetero) is 1. The molecular formula is C16H20ClNO3. The summed E-state index contributed by atoms with van der Waals surface area (Å²) >= 11 is 6.31. The minimum absolute atomic E-state index is 0.0254. The van der Waals surface area contributed by atoms with E-state index in [4.69, 9.17) is 16.3 Å². The summed E-state index contributed by atoms with van der Waals surface area (Å²) in [6.07, 6.45) is 2.26. The molecule has 1 aliphatic carbocycles. The van der Waals surface area contributed by atoms with Gasteiger partial charge in [-0.15, -0.1) is 0 Å². The van der Waals surface area contributed by atoms with E-state index in [0.29, 0.717) is 23.4 Å². The number of hydrogen-bond donors (Lipinski definition) is 0. The zero-order valence-corrected chi connectivity index (χ0v) is 13.2. The number of halogens is 1. The predicted octanol–water partition coefficient (Wildman–Crippen LogP) is 3.77. The van der Waals surface area contributed by atoms with Crippen molar-refractivity contribution < 1.29 is 14.3 Å². The molecule has 1 amide bonds. The van der Waals surface area contributed by atoms with E-state index in [9.17, 15) is 9.59 Å². The van der Waals surface area contributed by atoms with Crippen LogP contribution in [-0.4, -0.2) is 30.4 Å². The van der Waals surface area contributed by atoms with Crippen molar-refractivity contribution in [1.82, 2.24) is 4.90 Å². The molecule has 1 fully saturated rings. The third-order valence-corrected chi connectivity index (χ3v) is 4.42. The van der Waals surface area contributed by atoms with Gasteiger partial charge < -0.3 is 4.74 Å². The minimum Gasteiger partial charge on any atom is -0.450 e. The average molecular weight is 310 g/mol. The number of carbonyl (C=O) groups is 2. The van der Waals surface area contributed by atoms with Crippen LogP contribution in [0.1, 0.15) is 38.2 Å². The first-order valence-corrected chi connectivity index (χ1v) is 7.60. The second-order valence-electron chi connectivity index (χ2n) is 5.23. The Morgan fingerprint density at radius 2 is 2.10 bits per heavy atom. The maximum absolute atomic E-state index is 12.7. The van der Waals surface area contributed by atoms with E-state index in [2.05, 4.69) is 0 Å². The van der Waals surface area contributed by atoms with Crippen LogP contribution in [0.3, 0.4) is 0 Å². The zero-order chi connectivity index (χ0) is 15.5. The van der Waals surface area contributed by atoms with Crippen molar-refractivity contribution in [1.29, 1.82) is 0 Å². The maximum atomic E-state index is 12.7. The Morgan fingerprint density at radius 3 is 2.71 bits per heavy atom. The zero-order valence-electron chi connectivity index (χ0n) is 12.4. The number of benzene rings is 1. The highest BCUT2D eigenvalue weighted by Crippen LogP contribution is 2.42. The van der Waals surface area contributed by atoms with Crippen molar-refractivity contribution in [3.63, 3.8) is 0 Å². The highest BCUT2D eigenvalue weighted by atomic mass is 35.5. The Hall–Kier alpha value is -1.55. The fraction of sp³-hybridized carbons (Fsp3) is 0.500. The van der Waals surface area contributed by atoms with Gasteiger partial charge in [0.1, 0.15) is 5.54 Å². The van der Waals surface area contributed by atoms with Crippen LogP contribution in [0.4, 0.5) is 4.79 Å². The lowest BCUT2D eigenvalue weighted by molar-refractivity contribution is -0.133. The van der Waals surface area contributed by atoms with E-state index in [-0.39, 0.29) is 12.4 Å². The lowest BCUT2D eigenvalue weighted by atomic mass is 9.74. The number of likely N-dealkylation sites (N-methyl/N-ethyl adjacent to an activating group) is 1. The smallest absolute Gasteiger partial charge is 0.410 e. The maximum Gasteiger partial charge on any atom is 0.410 e. The molecule has 21 heavy (non-hydrogen) atoms. The average Bonchev–Trinajstić information content (AvgIpc) is 2.48. The molecular weight excluding hydrogens is 290 g/mol. The Bertz CT molecular complexity index is 546. The first-order chi connectivity index (χ1) is 10.0. The first kappa shape index (κ1) is 15.8. The van der Waals surface area contributed by atoms with E-state index in [1.54, 1.807) is 20.0 Å². The SMILES string of the molecule is CCOC(=O)N(C)[C@]1(c2ccccc2Cl)CCCCC1=O. The lowest BCUT2D eigenvalue weighted by Crippen LogP contribution is -2.54.